The van der Waals surface area contributed by atoms with Gasteiger partial charge in [-0.2, -0.15) is 0 Å². The lowest BCUT2D eigenvalue weighted by atomic mass is 9.95. The van der Waals surface area contributed by atoms with Gasteiger partial charge in [0.25, 0.3) is 0 Å². The molecule has 17 heavy (non-hydrogen) atoms. The first-order valence-corrected chi connectivity index (χ1v) is 6.42. The smallest absolute Gasteiger partial charge is 0.119 e. The van der Waals surface area contributed by atoms with Crippen LogP contribution in [0.1, 0.15) is 24.8 Å². The number of hydrogen-bond acceptors (Lipinski definition) is 3. The van der Waals surface area contributed by atoms with Gasteiger partial charge in [-0.25, -0.2) is 0 Å². The molecule has 1 aromatic rings. The molecule has 3 nitrogen and oxygen atoms in total. The number of rotatable bonds is 5. The van der Waals surface area contributed by atoms with E-state index in [1.165, 1.54) is 12.8 Å². The average molecular weight is 235 g/mol. The van der Waals surface area contributed by atoms with Crippen LogP contribution >= 0.6 is 0 Å². The lowest BCUT2D eigenvalue weighted by molar-refractivity contribution is 0.251. The van der Waals surface area contributed by atoms with Crippen molar-refractivity contribution in [3.8, 4) is 5.75 Å². The first-order valence-electron chi connectivity index (χ1n) is 6.42. The highest BCUT2D eigenvalue weighted by Crippen LogP contribution is 2.17. The number of aliphatic hydroxyl groups excluding tert-OH is 1. The van der Waals surface area contributed by atoms with E-state index in [-0.39, 0.29) is 6.61 Å². The minimum absolute atomic E-state index is 0.0926. The molecule has 0 spiro atoms. The summed E-state index contributed by atoms with van der Waals surface area (Å²) in [5.74, 6) is 1.71. The second kappa shape index (κ2) is 6.62. The van der Waals surface area contributed by atoms with Crippen LogP contribution in [-0.2, 0) is 6.61 Å². The van der Waals surface area contributed by atoms with E-state index in [2.05, 4.69) is 5.32 Å². The Morgan fingerprint density at radius 3 is 2.53 bits per heavy atom. The highest BCUT2D eigenvalue weighted by atomic mass is 16.5. The Hall–Kier alpha value is -1.06. The SMILES string of the molecule is OCc1ccc(OCCC2CCNCC2)cc1. The second-order valence-corrected chi connectivity index (χ2v) is 4.63. The van der Waals surface area contributed by atoms with Gasteiger partial charge in [-0.05, 0) is 56.0 Å². The molecule has 1 heterocycles. The molecule has 2 rings (SSSR count). The third-order valence-electron chi connectivity index (χ3n) is 3.36. The molecule has 0 bridgehead atoms. The molecule has 0 unspecified atom stereocenters. The lowest BCUT2D eigenvalue weighted by Crippen LogP contribution is -2.28. The van der Waals surface area contributed by atoms with Gasteiger partial charge < -0.3 is 15.2 Å². The fraction of sp³-hybridized carbons (Fsp3) is 0.571. The first kappa shape index (κ1) is 12.4. The second-order valence-electron chi connectivity index (χ2n) is 4.63. The molecule has 1 saturated heterocycles. The van der Waals surface area contributed by atoms with Gasteiger partial charge in [0.05, 0.1) is 13.2 Å². The molecule has 94 valence electrons. The maximum Gasteiger partial charge on any atom is 0.119 e. The van der Waals surface area contributed by atoms with Crippen molar-refractivity contribution in [3.05, 3.63) is 29.8 Å². The highest BCUT2D eigenvalue weighted by Gasteiger charge is 2.12. The minimum Gasteiger partial charge on any atom is -0.494 e. The third-order valence-corrected chi connectivity index (χ3v) is 3.36. The van der Waals surface area contributed by atoms with Gasteiger partial charge in [-0.1, -0.05) is 12.1 Å². The van der Waals surface area contributed by atoms with E-state index in [9.17, 15) is 0 Å². The van der Waals surface area contributed by atoms with Crippen molar-refractivity contribution in [3.63, 3.8) is 0 Å². The quantitative estimate of drug-likeness (QED) is 0.819. The van der Waals surface area contributed by atoms with Crippen LogP contribution in [0.4, 0.5) is 0 Å². The van der Waals surface area contributed by atoms with E-state index < -0.39 is 0 Å². The number of piperidine rings is 1. The molecule has 0 aliphatic carbocycles. The van der Waals surface area contributed by atoms with Crippen LogP contribution in [0.15, 0.2) is 24.3 Å². The summed E-state index contributed by atoms with van der Waals surface area (Å²) in [5.41, 5.74) is 0.927. The topological polar surface area (TPSA) is 41.5 Å². The van der Waals surface area contributed by atoms with Crippen molar-refractivity contribution in [2.75, 3.05) is 19.7 Å². The number of ether oxygens (including phenoxy) is 1. The summed E-state index contributed by atoms with van der Waals surface area (Å²) in [6, 6.07) is 7.65. The predicted octanol–water partition coefficient (Wildman–Crippen LogP) is 1.95. The Balaban J connectivity index is 1.69. The monoisotopic (exact) mass is 235 g/mol. The maximum absolute atomic E-state index is 8.93. The Morgan fingerprint density at radius 2 is 1.88 bits per heavy atom. The molecule has 0 amide bonds. The summed E-state index contributed by atoms with van der Waals surface area (Å²) in [4.78, 5) is 0. The molecule has 1 aliphatic heterocycles. The molecule has 2 N–H and O–H groups in total. The number of nitrogens with one attached hydrogen (secondary N) is 1. The van der Waals surface area contributed by atoms with Crippen LogP contribution in [0.2, 0.25) is 0 Å². The van der Waals surface area contributed by atoms with Gasteiger partial charge >= 0.3 is 0 Å². The highest BCUT2D eigenvalue weighted by molar-refractivity contribution is 5.26. The van der Waals surface area contributed by atoms with E-state index in [1.54, 1.807) is 0 Å². The number of aliphatic hydroxyl groups is 1. The summed E-state index contributed by atoms with van der Waals surface area (Å²) in [6.45, 7) is 3.18. The molecule has 1 aliphatic rings. The molecule has 1 fully saturated rings. The maximum atomic E-state index is 8.93. The van der Waals surface area contributed by atoms with Crippen LogP contribution in [-0.4, -0.2) is 24.8 Å². The Labute approximate surface area is 103 Å². The third kappa shape index (κ3) is 4.02. The average Bonchev–Trinajstić information content (AvgIpc) is 2.41. The predicted molar refractivity (Wildman–Crippen MR) is 68.1 cm³/mol. The van der Waals surface area contributed by atoms with Gasteiger partial charge in [-0.3, -0.25) is 0 Å². The summed E-state index contributed by atoms with van der Waals surface area (Å²) < 4.78 is 5.71. The number of hydrogen-bond donors (Lipinski definition) is 2. The number of benzene rings is 1. The van der Waals surface area contributed by atoms with Gasteiger partial charge in [0.2, 0.25) is 0 Å². The standard InChI is InChI=1S/C14H21NO2/c16-11-13-1-3-14(4-2-13)17-10-7-12-5-8-15-9-6-12/h1-4,12,15-16H,5-11H2. The Bertz CT molecular complexity index is 317. The van der Waals surface area contributed by atoms with Crippen molar-refractivity contribution >= 4 is 0 Å². The molecule has 0 radical (unpaired) electrons. The molecule has 3 heteroatoms. The summed E-state index contributed by atoms with van der Waals surface area (Å²) in [7, 11) is 0. The molecule has 1 aromatic carbocycles. The van der Waals surface area contributed by atoms with Gasteiger partial charge in [-0.15, -0.1) is 0 Å². The van der Waals surface area contributed by atoms with Crippen LogP contribution in [0, 0.1) is 5.92 Å². The van der Waals surface area contributed by atoms with E-state index in [0.717, 1.165) is 43.3 Å². The van der Waals surface area contributed by atoms with Crippen molar-refractivity contribution in [2.45, 2.75) is 25.9 Å². The summed E-state index contributed by atoms with van der Waals surface area (Å²) in [6.07, 6.45) is 3.68. The first-order chi connectivity index (χ1) is 8.38. The summed E-state index contributed by atoms with van der Waals surface area (Å²) >= 11 is 0. The minimum atomic E-state index is 0.0926. The van der Waals surface area contributed by atoms with Crippen molar-refractivity contribution in [1.29, 1.82) is 0 Å². The molecule has 0 saturated carbocycles. The van der Waals surface area contributed by atoms with Gasteiger partial charge in [0.1, 0.15) is 5.75 Å². The van der Waals surface area contributed by atoms with Crippen molar-refractivity contribution < 1.29 is 9.84 Å². The zero-order valence-corrected chi connectivity index (χ0v) is 10.2. The van der Waals surface area contributed by atoms with Crippen molar-refractivity contribution in [1.82, 2.24) is 5.32 Å². The van der Waals surface area contributed by atoms with Crippen molar-refractivity contribution in [2.24, 2.45) is 5.92 Å². The molecule has 0 aromatic heterocycles. The molecular weight excluding hydrogens is 214 g/mol. The molecular formula is C14H21NO2. The van der Waals surface area contributed by atoms with Crippen LogP contribution in [0.3, 0.4) is 0 Å². The van der Waals surface area contributed by atoms with E-state index in [4.69, 9.17) is 9.84 Å². The molecule has 0 atom stereocenters. The van der Waals surface area contributed by atoms with E-state index in [0.29, 0.717) is 0 Å². The zero-order chi connectivity index (χ0) is 11.9. The Kier molecular flexibility index (Phi) is 4.83. The Morgan fingerprint density at radius 1 is 1.18 bits per heavy atom. The van der Waals surface area contributed by atoms with Crippen LogP contribution in [0.5, 0.6) is 5.75 Å². The summed E-state index contributed by atoms with van der Waals surface area (Å²) in [5, 5.41) is 12.3. The fourth-order valence-corrected chi connectivity index (χ4v) is 2.20. The normalized spacial score (nSPS) is 17.0. The van der Waals surface area contributed by atoms with Crippen LogP contribution in [0.25, 0.3) is 0 Å². The fourth-order valence-electron chi connectivity index (χ4n) is 2.20. The largest absolute Gasteiger partial charge is 0.494 e. The van der Waals surface area contributed by atoms with Gasteiger partial charge in [0, 0.05) is 0 Å². The van der Waals surface area contributed by atoms with E-state index >= 15 is 0 Å². The van der Waals surface area contributed by atoms with Crippen LogP contribution < -0.4 is 10.1 Å². The zero-order valence-electron chi connectivity index (χ0n) is 10.2. The lowest BCUT2D eigenvalue weighted by Gasteiger charge is -2.22. The van der Waals surface area contributed by atoms with Gasteiger partial charge in [0.15, 0.2) is 0 Å². The van der Waals surface area contributed by atoms with E-state index in [1.807, 2.05) is 24.3 Å².